The minimum Gasteiger partial charge on any atom is -0.496 e. The van der Waals surface area contributed by atoms with E-state index < -0.39 is 42.1 Å². The molecule has 3 aromatic heterocycles. The number of nitrogens with one attached hydrogen (secondary N) is 1. The van der Waals surface area contributed by atoms with Crippen LogP contribution in [0.2, 0.25) is 0 Å². The Hall–Kier alpha value is -4.35. The molecule has 0 spiro atoms. The first-order chi connectivity index (χ1) is 17.0. The van der Waals surface area contributed by atoms with Gasteiger partial charge in [-0.05, 0) is 19.1 Å². The van der Waals surface area contributed by atoms with Crippen molar-refractivity contribution in [1.29, 1.82) is 0 Å². The molecule has 5 rings (SSSR count). The number of amides is 1. The Bertz CT molecular complexity index is 1590. The Labute approximate surface area is 201 Å². The molecule has 0 radical (unpaired) electrons. The van der Waals surface area contributed by atoms with Gasteiger partial charge in [0.15, 0.2) is 5.82 Å². The molecule has 0 atom stereocenters. The Morgan fingerprint density at radius 1 is 1.31 bits per heavy atom. The zero-order valence-corrected chi connectivity index (χ0v) is 19.2. The summed E-state index contributed by atoms with van der Waals surface area (Å²) in [5, 5.41) is 6.44. The number of anilines is 1. The lowest BCUT2D eigenvalue weighted by molar-refractivity contribution is -0.103. The molecule has 186 valence electrons. The van der Waals surface area contributed by atoms with E-state index in [2.05, 4.69) is 15.2 Å². The molecule has 3 heterocycles. The number of methoxy groups -OCH3 is 1. The second-order valence-electron chi connectivity index (χ2n) is 8.77. The van der Waals surface area contributed by atoms with Crippen LogP contribution in [0.15, 0.2) is 35.4 Å². The quantitative estimate of drug-likeness (QED) is 0.384. The maximum atomic E-state index is 15.0. The summed E-state index contributed by atoms with van der Waals surface area (Å²) < 4.78 is 48.9. The largest absolute Gasteiger partial charge is 0.496 e. The first-order valence-electron chi connectivity index (χ1n) is 10.9. The molecule has 5 N–H and O–H groups in total. The van der Waals surface area contributed by atoms with Gasteiger partial charge in [0, 0.05) is 53.5 Å². The number of pyridine rings is 1. The van der Waals surface area contributed by atoms with Crippen LogP contribution in [0.1, 0.15) is 34.8 Å². The number of aromatic amines is 1. The summed E-state index contributed by atoms with van der Waals surface area (Å²) in [6.45, 7) is 1.58. The number of alkyl halides is 2. The fourth-order valence-electron chi connectivity index (χ4n) is 4.79. The topological polar surface area (TPSA) is 142 Å². The zero-order chi connectivity index (χ0) is 25.9. The molecule has 1 fully saturated rings. The number of hydrogen-bond acceptors (Lipinski definition) is 6. The van der Waals surface area contributed by atoms with Gasteiger partial charge in [0.2, 0.25) is 0 Å². The van der Waals surface area contributed by atoms with Gasteiger partial charge in [0.1, 0.15) is 17.1 Å². The van der Waals surface area contributed by atoms with Gasteiger partial charge < -0.3 is 20.8 Å². The minimum absolute atomic E-state index is 0.0298. The first-order valence-corrected chi connectivity index (χ1v) is 10.9. The summed E-state index contributed by atoms with van der Waals surface area (Å²) in [6.07, 6.45) is 2.26. The van der Waals surface area contributed by atoms with Crippen LogP contribution in [0.4, 0.5) is 19.0 Å². The average molecular weight is 498 g/mol. The highest BCUT2D eigenvalue weighted by Gasteiger charge is 2.47. The number of carbonyl (C=O) groups is 1. The minimum atomic E-state index is -2.79. The summed E-state index contributed by atoms with van der Waals surface area (Å²) in [4.78, 5) is 28.6. The number of fused-ring (bicyclic) bond motifs is 1. The number of nitrogens with two attached hydrogens (primary N) is 2. The number of primary amides is 1. The number of nitrogen functional groups attached to an aromatic ring is 1. The van der Waals surface area contributed by atoms with Gasteiger partial charge in [0.05, 0.1) is 23.8 Å². The number of ether oxygens (including phenoxy) is 1. The van der Waals surface area contributed by atoms with Crippen molar-refractivity contribution in [3.63, 3.8) is 0 Å². The number of carbonyl (C=O) groups excluding carboxylic acids is 1. The van der Waals surface area contributed by atoms with Crippen LogP contribution in [0.25, 0.3) is 33.3 Å². The highest BCUT2D eigenvalue weighted by Crippen LogP contribution is 2.48. The van der Waals surface area contributed by atoms with Gasteiger partial charge in [-0.2, -0.15) is 5.10 Å². The molecule has 1 aromatic carbocycles. The fraction of sp³-hybridized carbons (Fsp3) is 0.250. The number of H-pyrrole nitrogens is 1. The molecular weight excluding hydrogens is 477 g/mol. The molecule has 0 aliphatic heterocycles. The molecule has 4 aromatic rings. The summed E-state index contributed by atoms with van der Waals surface area (Å²) >= 11 is 0. The van der Waals surface area contributed by atoms with Crippen LogP contribution >= 0.6 is 0 Å². The van der Waals surface area contributed by atoms with Gasteiger partial charge in [0.25, 0.3) is 17.4 Å². The molecule has 0 unspecified atom stereocenters. The van der Waals surface area contributed by atoms with Crippen LogP contribution in [0.3, 0.4) is 0 Å². The van der Waals surface area contributed by atoms with E-state index in [1.54, 1.807) is 25.3 Å². The summed E-state index contributed by atoms with van der Waals surface area (Å²) in [5.41, 5.74) is 12.6. The molecule has 36 heavy (non-hydrogen) atoms. The number of nitrogens with zero attached hydrogens (tertiary/aromatic N) is 3. The third kappa shape index (κ3) is 3.56. The molecule has 0 saturated heterocycles. The molecule has 12 heteroatoms. The summed E-state index contributed by atoms with van der Waals surface area (Å²) in [6, 6.07) is 3.63. The molecule has 1 aliphatic carbocycles. The third-order valence-corrected chi connectivity index (χ3v) is 6.51. The van der Waals surface area contributed by atoms with Crippen LogP contribution in [0.5, 0.6) is 5.75 Å². The lowest BCUT2D eigenvalue weighted by Gasteiger charge is -2.36. The lowest BCUT2D eigenvalue weighted by atomic mass is 9.88. The second-order valence-corrected chi connectivity index (χ2v) is 8.77. The number of hydrogen-bond donors (Lipinski definition) is 3. The highest BCUT2D eigenvalue weighted by molar-refractivity contribution is 6.02. The van der Waals surface area contributed by atoms with E-state index in [1.165, 1.54) is 17.9 Å². The van der Waals surface area contributed by atoms with Crippen molar-refractivity contribution in [3.8, 4) is 28.1 Å². The van der Waals surface area contributed by atoms with E-state index in [0.29, 0.717) is 22.1 Å². The van der Waals surface area contributed by atoms with Crippen LogP contribution < -0.4 is 21.8 Å². The molecular formula is C24H21F3N6O3. The monoisotopic (exact) mass is 498 g/mol. The van der Waals surface area contributed by atoms with Gasteiger partial charge in [-0.15, -0.1) is 0 Å². The summed E-state index contributed by atoms with van der Waals surface area (Å²) in [5.74, 6) is -4.15. The molecule has 9 nitrogen and oxygen atoms in total. The summed E-state index contributed by atoms with van der Waals surface area (Å²) in [7, 11) is 1.35. The maximum Gasteiger partial charge on any atom is 0.288 e. The standard InChI is InChI=1S/C24H21F3N6O3/c1-10-17(15(25)5-13(22(29)34)20(10)36-2)16-4-3-11(8-30-16)14-9-33(12-6-24(26,27)7-12)19-18(14)21(28)31-32-23(19)35/h3-5,8-9,12H,6-7H2,1-2H3,(H2,28,31)(H2,29,34)(H,32,35). The van der Waals surface area contributed by atoms with Crippen molar-refractivity contribution in [1.82, 2.24) is 19.7 Å². The molecule has 1 amide bonds. The number of benzene rings is 1. The molecule has 0 bridgehead atoms. The highest BCUT2D eigenvalue weighted by atomic mass is 19.3. The van der Waals surface area contributed by atoms with Crippen LogP contribution in [-0.4, -0.2) is 38.7 Å². The predicted octanol–water partition coefficient (Wildman–Crippen LogP) is 3.56. The zero-order valence-electron chi connectivity index (χ0n) is 19.2. The first kappa shape index (κ1) is 23.4. The Kier molecular flexibility index (Phi) is 5.27. The fourth-order valence-corrected chi connectivity index (χ4v) is 4.79. The number of rotatable bonds is 5. The number of halogens is 3. The Morgan fingerprint density at radius 2 is 2.03 bits per heavy atom. The van der Waals surface area contributed by atoms with Crippen molar-refractivity contribution in [2.24, 2.45) is 5.73 Å². The van der Waals surface area contributed by atoms with Gasteiger partial charge >= 0.3 is 0 Å². The normalized spacial score (nSPS) is 15.1. The van der Waals surface area contributed by atoms with E-state index in [-0.39, 0.29) is 33.9 Å². The maximum absolute atomic E-state index is 15.0. The predicted molar refractivity (Wildman–Crippen MR) is 126 cm³/mol. The van der Waals surface area contributed by atoms with Gasteiger partial charge in [-0.1, -0.05) is 6.07 Å². The van der Waals surface area contributed by atoms with Gasteiger partial charge in [-0.25, -0.2) is 18.3 Å². The van der Waals surface area contributed by atoms with E-state index in [9.17, 15) is 22.8 Å². The van der Waals surface area contributed by atoms with E-state index in [0.717, 1.165) is 6.07 Å². The smallest absolute Gasteiger partial charge is 0.288 e. The van der Waals surface area contributed by atoms with Crippen molar-refractivity contribution >= 4 is 22.6 Å². The second kappa shape index (κ2) is 8.11. The van der Waals surface area contributed by atoms with Crippen molar-refractivity contribution in [2.75, 3.05) is 12.8 Å². The number of aromatic nitrogens is 4. The van der Waals surface area contributed by atoms with Crippen molar-refractivity contribution in [2.45, 2.75) is 31.7 Å². The van der Waals surface area contributed by atoms with Gasteiger partial charge in [-0.3, -0.25) is 14.6 Å². The van der Waals surface area contributed by atoms with Crippen molar-refractivity contribution in [3.05, 3.63) is 57.9 Å². The van der Waals surface area contributed by atoms with Crippen LogP contribution in [0, 0.1) is 12.7 Å². The third-order valence-electron chi connectivity index (χ3n) is 6.51. The van der Waals surface area contributed by atoms with Crippen LogP contribution in [-0.2, 0) is 0 Å². The van der Waals surface area contributed by atoms with E-state index >= 15 is 0 Å². The molecule has 1 saturated carbocycles. The van der Waals surface area contributed by atoms with Crippen molar-refractivity contribution < 1.29 is 22.7 Å². The molecule has 1 aliphatic rings. The lowest BCUT2D eigenvalue weighted by Crippen LogP contribution is -2.37. The Balaban J connectivity index is 1.62. The average Bonchev–Trinajstić information content (AvgIpc) is 3.21. The van der Waals surface area contributed by atoms with E-state index in [1.807, 2.05) is 0 Å². The SMILES string of the molecule is COc1c(C(N)=O)cc(F)c(-c2ccc(-c3cn(C4CC(F)(F)C4)c4c(=O)[nH]nc(N)c34)cn2)c1C. The Morgan fingerprint density at radius 3 is 2.61 bits per heavy atom. The van der Waals surface area contributed by atoms with E-state index in [4.69, 9.17) is 16.2 Å².